The number of anilines is 1. The molecule has 0 unspecified atom stereocenters. The van der Waals surface area contributed by atoms with E-state index in [1.165, 1.54) is 12.1 Å². The first-order chi connectivity index (χ1) is 9.49. The second-order valence-corrected chi connectivity index (χ2v) is 5.32. The van der Waals surface area contributed by atoms with Crippen molar-refractivity contribution >= 4 is 11.6 Å². The molecule has 20 heavy (non-hydrogen) atoms. The molecule has 5 heteroatoms. The predicted octanol–water partition coefficient (Wildman–Crippen LogP) is 1.94. The van der Waals surface area contributed by atoms with Gasteiger partial charge in [-0.15, -0.1) is 0 Å². The highest BCUT2D eigenvalue weighted by Crippen LogP contribution is 2.26. The molecule has 1 N–H and O–H groups in total. The number of benzene rings is 1. The molecule has 1 saturated heterocycles. The first-order valence-corrected chi connectivity index (χ1v) is 6.95. The fraction of sp³-hybridized carbons (Fsp3) is 0.533. The van der Waals surface area contributed by atoms with Crippen LogP contribution in [0.25, 0.3) is 0 Å². The summed E-state index contributed by atoms with van der Waals surface area (Å²) in [4.78, 5) is 15.7. The van der Waals surface area contributed by atoms with Gasteiger partial charge in [-0.3, -0.25) is 4.79 Å². The quantitative estimate of drug-likeness (QED) is 0.916. The van der Waals surface area contributed by atoms with Gasteiger partial charge in [0.15, 0.2) is 0 Å². The zero-order chi connectivity index (χ0) is 14.7. The van der Waals surface area contributed by atoms with Gasteiger partial charge in [-0.05, 0) is 38.0 Å². The normalized spacial score (nSPS) is 16.3. The molecule has 1 amide bonds. The molecule has 0 aliphatic carbocycles. The van der Waals surface area contributed by atoms with E-state index >= 15 is 0 Å². The Labute approximate surface area is 118 Å². The Morgan fingerprint density at radius 1 is 1.45 bits per heavy atom. The minimum atomic E-state index is -0.773. The molecule has 4 nitrogen and oxygen atoms in total. The lowest BCUT2D eigenvalue weighted by atomic mass is 10.1. The molecule has 1 heterocycles. The summed E-state index contributed by atoms with van der Waals surface area (Å²) in [6.45, 7) is 3.47. The van der Waals surface area contributed by atoms with Crippen molar-refractivity contribution in [2.45, 2.75) is 25.9 Å². The van der Waals surface area contributed by atoms with Gasteiger partial charge in [-0.1, -0.05) is 0 Å². The monoisotopic (exact) mass is 280 g/mol. The highest BCUT2D eigenvalue weighted by Gasteiger charge is 2.21. The van der Waals surface area contributed by atoms with Crippen LogP contribution in [0.1, 0.15) is 31.4 Å². The topological polar surface area (TPSA) is 43.8 Å². The van der Waals surface area contributed by atoms with Gasteiger partial charge in [0, 0.05) is 31.4 Å². The third-order valence-corrected chi connectivity index (χ3v) is 3.68. The molecule has 1 fully saturated rings. The third kappa shape index (κ3) is 3.28. The molecular formula is C15H21FN2O2. The number of hydrogen-bond donors (Lipinski definition) is 1. The van der Waals surface area contributed by atoms with Crippen LogP contribution in [-0.2, 0) is 4.79 Å². The minimum Gasteiger partial charge on any atom is -0.389 e. The summed E-state index contributed by atoms with van der Waals surface area (Å²) in [7, 11) is 1.78. The van der Waals surface area contributed by atoms with E-state index in [2.05, 4.69) is 0 Å². The standard InChI is InChI=1S/C15H21FN2O2/c1-11(19)13-9-12(16)5-6-14(13)17(2)10-15(20)18-7-3-4-8-18/h5-6,9,11,19H,3-4,7-8,10H2,1-2H3/t11-/m1/s1. The van der Waals surface area contributed by atoms with E-state index in [1.54, 1.807) is 24.9 Å². The lowest BCUT2D eigenvalue weighted by Crippen LogP contribution is -2.37. The summed E-state index contributed by atoms with van der Waals surface area (Å²) in [6.07, 6.45) is 1.35. The Morgan fingerprint density at radius 2 is 2.10 bits per heavy atom. The molecule has 1 aliphatic heterocycles. The van der Waals surface area contributed by atoms with Crippen molar-refractivity contribution in [3.8, 4) is 0 Å². The first-order valence-electron chi connectivity index (χ1n) is 6.95. The number of likely N-dealkylation sites (tertiary alicyclic amines) is 1. The lowest BCUT2D eigenvalue weighted by molar-refractivity contribution is -0.128. The fourth-order valence-electron chi connectivity index (χ4n) is 2.56. The predicted molar refractivity (Wildman–Crippen MR) is 76.1 cm³/mol. The van der Waals surface area contributed by atoms with Crippen LogP contribution in [0.3, 0.4) is 0 Å². The number of carbonyl (C=O) groups is 1. The summed E-state index contributed by atoms with van der Waals surface area (Å²) in [5.74, 6) is -0.310. The number of carbonyl (C=O) groups excluding carboxylic acids is 1. The van der Waals surface area contributed by atoms with Crippen LogP contribution in [0.2, 0.25) is 0 Å². The Hall–Kier alpha value is -1.62. The van der Waals surface area contributed by atoms with E-state index in [0.29, 0.717) is 11.3 Å². The average molecular weight is 280 g/mol. The van der Waals surface area contributed by atoms with Gasteiger partial charge in [0.1, 0.15) is 5.82 Å². The van der Waals surface area contributed by atoms with Crippen LogP contribution in [0.15, 0.2) is 18.2 Å². The van der Waals surface area contributed by atoms with Crippen molar-refractivity contribution in [2.24, 2.45) is 0 Å². The number of aliphatic hydroxyl groups is 1. The lowest BCUT2D eigenvalue weighted by Gasteiger charge is -2.25. The Balaban J connectivity index is 2.12. The molecule has 2 rings (SSSR count). The van der Waals surface area contributed by atoms with Crippen molar-refractivity contribution in [1.82, 2.24) is 4.90 Å². The van der Waals surface area contributed by atoms with Gasteiger partial charge < -0.3 is 14.9 Å². The molecule has 0 bridgehead atoms. The SMILES string of the molecule is C[C@@H](O)c1cc(F)ccc1N(C)CC(=O)N1CCCC1. The zero-order valence-electron chi connectivity index (χ0n) is 12.0. The molecule has 1 aromatic carbocycles. The Bertz CT molecular complexity index is 485. The smallest absolute Gasteiger partial charge is 0.242 e. The fourth-order valence-corrected chi connectivity index (χ4v) is 2.56. The molecular weight excluding hydrogens is 259 g/mol. The van der Waals surface area contributed by atoms with Crippen LogP contribution < -0.4 is 4.90 Å². The summed E-state index contributed by atoms with van der Waals surface area (Å²) < 4.78 is 13.3. The van der Waals surface area contributed by atoms with Gasteiger partial charge in [-0.25, -0.2) is 4.39 Å². The molecule has 1 atom stereocenters. The van der Waals surface area contributed by atoms with Crippen molar-refractivity contribution in [3.05, 3.63) is 29.6 Å². The number of halogens is 1. The van der Waals surface area contributed by atoms with E-state index in [-0.39, 0.29) is 18.3 Å². The van der Waals surface area contributed by atoms with Crippen LogP contribution in [0.5, 0.6) is 0 Å². The molecule has 0 spiro atoms. The summed E-state index contributed by atoms with van der Waals surface area (Å²) in [5.41, 5.74) is 1.19. The second kappa shape index (κ2) is 6.22. The van der Waals surface area contributed by atoms with Gasteiger partial charge in [0.25, 0.3) is 0 Å². The largest absolute Gasteiger partial charge is 0.389 e. The van der Waals surface area contributed by atoms with Gasteiger partial charge in [-0.2, -0.15) is 0 Å². The number of amides is 1. The van der Waals surface area contributed by atoms with Crippen molar-refractivity contribution in [2.75, 3.05) is 31.6 Å². The van der Waals surface area contributed by atoms with Crippen molar-refractivity contribution in [3.63, 3.8) is 0 Å². The Morgan fingerprint density at radius 3 is 2.70 bits per heavy atom. The van der Waals surface area contributed by atoms with Crippen LogP contribution in [0, 0.1) is 5.82 Å². The van der Waals surface area contributed by atoms with Crippen molar-refractivity contribution in [1.29, 1.82) is 0 Å². The minimum absolute atomic E-state index is 0.0749. The maximum absolute atomic E-state index is 13.3. The van der Waals surface area contributed by atoms with Crippen molar-refractivity contribution < 1.29 is 14.3 Å². The van der Waals surface area contributed by atoms with Crippen LogP contribution in [-0.4, -0.2) is 42.6 Å². The molecule has 1 aliphatic rings. The Kier molecular flexibility index (Phi) is 4.60. The highest BCUT2D eigenvalue weighted by atomic mass is 19.1. The van der Waals surface area contributed by atoms with Gasteiger partial charge in [0.2, 0.25) is 5.91 Å². The second-order valence-electron chi connectivity index (χ2n) is 5.32. The number of aliphatic hydroxyl groups excluding tert-OH is 1. The molecule has 0 aromatic heterocycles. The summed E-state index contributed by atoms with van der Waals surface area (Å²) >= 11 is 0. The average Bonchev–Trinajstić information content (AvgIpc) is 2.92. The maximum Gasteiger partial charge on any atom is 0.242 e. The highest BCUT2D eigenvalue weighted by molar-refractivity contribution is 5.82. The number of rotatable bonds is 4. The maximum atomic E-state index is 13.3. The van der Waals surface area contributed by atoms with Gasteiger partial charge >= 0.3 is 0 Å². The molecule has 1 aromatic rings. The van der Waals surface area contributed by atoms with E-state index in [4.69, 9.17) is 0 Å². The molecule has 0 saturated carbocycles. The first kappa shape index (κ1) is 14.8. The molecule has 0 radical (unpaired) electrons. The van der Waals surface area contributed by atoms with Gasteiger partial charge in [0.05, 0.1) is 12.6 Å². The van der Waals surface area contributed by atoms with Crippen LogP contribution in [0.4, 0.5) is 10.1 Å². The van der Waals surface area contributed by atoms with E-state index in [0.717, 1.165) is 25.9 Å². The van der Waals surface area contributed by atoms with Crippen LogP contribution >= 0.6 is 0 Å². The summed E-state index contributed by atoms with van der Waals surface area (Å²) in [6, 6.07) is 4.27. The zero-order valence-corrected chi connectivity index (χ0v) is 12.0. The van der Waals surface area contributed by atoms with E-state index < -0.39 is 6.10 Å². The third-order valence-electron chi connectivity index (χ3n) is 3.68. The van der Waals surface area contributed by atoms with E-state index in [9.17, 15) is 14.3 Å². The summed E-state index contributed by atoms with van der Waals surface area (Å²) in [5, 5.41) is 9.73. The van der Waals surface area contributed by atoms with E-state index in [1.807, 2.05) is 4.90 Å². The number of likely N-dealkylation sites (N-methyl/N-ethyl adjacent to an activating group) is 1. The molecule has 110 valence electrons. The number of hydrogen-bond acceptors (Lipinski definition) is 3. The number of nitrogens with zero attached hydrogens (tertiary/aromatic N) is 2.